The van der Waals surface area contributed by atoms with Gasteiger partial charge in [-0.1, -0.05) is 36.8 Å². The number of hydrogen-bond donors (Lipinski definition) is 2. The van der Waals surface area contributed by atoms with Crippen molar-refractivity contribution in [2.24, 2.45) is 0 Å². The van der Waals surface area contributed by atoms with Crippen LogP contribution in [0.4, 0.5) is 0 Å². The number of rotatable bonds is 5. The summed E-state index contributed by atoms with van der Waals surface area (Å²) in [6, 6.07) is 9.88. The van der Waals surface area contributed by atoms with E-state index in [4.69, 9.17) is 0 Å². The molecule has 0 aliphatic carbocycles. The van der Waals surface area contributed by atoms with E-state index in [-0.39, 0.29) is 11.4 Å². The van der Waals surface area contributed by atoms with Gasteiger partial charge in [-0.25, -0.2) is 8.42 Å². The summed E-state index contributed by atoms with van der Waals surface area (Å²) in [5.74, 6) is -0.990. The number of sulfonamides is 1. The fourth-order valence-electron chi connectivity index (χ4n) is 4.15. The van der Waals surface area contributed by atoms with E-state index in [1.165, 1.54) is 4.31 Å². The third-order valence-electron chi connectivity index (χ3n) is 5.60. The fourth-order valence-corrected chi connectivity index (χ4v) is 6.22. The van der Waals surface area contributed by atoms with Gasteiger partial charge in [0.05, 0.1) is 4.90 Å². The van der Waals surface area contributed by atoms with E-state index < -0.39 is 27.9 Å². The molecule has 1 aliphatic rings. The first kappa shape index (κ1) is 23.0. The molecule has 1 fully saturated rings. The second-order valence-electron chi connectivity index (χ2n) is 8.00. The van der Waals surface area contributed by atoms with Crippen molar-refractivity contribution in [3.05, 3.63) is 64.2 Å². The van der Waals surface area contributed by atoms with Crippen molar-refractivity contribution >= 4 is 21.8 Å². The molecule has 0 aromatic heterocycles. The van der Waals surface area contributed by atoms with Gasteiger partial charge in [0.2, 0.25) is 10.0 Å². The number of carbonyl (C=O) groups excluding carboxylic acids is 2. The average molecular weight is 444 g/mol. The van der Waals surface area contributed by atoms with Crippen LogP contribution in [0.2, 0.25) is 0 Å². The molecule has 1 heterocycles. The maximum atomic E-state index is 13.4. The summed E-state index contributed by atoms with van der Waals surface area (Å²) in [5.41, 5.74) is 8.62. The predicted molar refractivity (Wildman–Crippen MR) is 119 cm³/mol. The van der Waals surface area contributed by atoms with Crippen LogP contribution in [-0.4, -0.2) is 37.1 Å². The molecule has 0 spiro atoms. The van der Waals surface area contributed by atoms with Crippen molar-refractivity contribution in [2.75, 3.05) is 6.54 Å². The van der Waals surface area contributed by atoms with Crippen LogP contribution in [0.1, 0.15) is 52.4 Å². The molecule has 7 nitrogen and oxygen atoms in total. The van der Waals surface area contributed by atoms with E-state index in [1.807, 2.05) is 38.1 Å². The van der Waals surface area contributed by atoms with Gasteiger partial charge in [0.15, 0.2) is 0 Å². The fraction of sp³-hybridized carbons (Fsp3) is 0.391. The van der Waals surface area contributed by atoms with Gasteiger partial charge >= 0.3 is 0 Å². The molecule has 8 heteroatoms. The zero-order chi connectivity index (χ0) is 22.8. The van der Waals surface area contributed by atoms with Gasteiger partial charge in [0, 0.05) is 12.1 Å². The topological polar surface area (TPSA) is 95.6 Å². The molecule has 0 saturated carbocycles. The van der Waals surface area contributed by atoms with Crippen molar-refractivity contribution in [2.45, 2.75) is 57.9 Å². The summed E-state index contributed by atoms with van der Waals surface area (Å²) in [6.45, 7) is 7.74. The van der Waals surface area contributed by atoms with Crippen molar-refractivity contribution in [1.82, 2.24) is 15.2 Å². The Morgan fingerprint density at radius 3 is 2.23 bits per heavy atom. The minimum Gasteiger partial charge on any atom is -0.271 e. The first-order chi connectivity index (χ1) is 14.6. The van der Waals surface area contributed by atoms with Crippen LogP contribution >= 0.6 is 0 Å². The van der Waals surface area contributed by atoms with Gasteiger partial charge in [0.1, 0.15) is 6.04 Å². The second kappa shape index (κ2) is 9.20. The molecule has 2 aromatic rings. The Bertz CT molecular complexity index is 1070. The molecule has 2 aromatic carbocycles. The number of aryl methyl sites for hydroxylation is 4. The third-order valence-corrected chi connectivity index (χ3v) is 7.82. The Morgan fingerprint density at radius 1 is 1.03 bits per heavy atom. The summed E-state index contributed by atoms with van der Waals surface area (Å²) in [5, 5.41) is 0. The van der Waals surface area contributed by atoms with Gasteiger partial charge in [-0.15, -0.1) is 0 Å². The third kappa shape index (κ3) is 4.80. The largest absolute Gasteiger partial charge is 0.271 e. The number of nitrogens with one attached hydrogen (secondary N) is 2. The zero-order valence-corrected chi connectivity index (χ0v) is 19.2. The van der Waals surface area contributed by atoms with Crippen LogP contribution in [0.5, 0.6) is 0 Å². The van der Waals surface area contributed by atoms with Crippen LogP contribution in [-0.2, 0) is 21.2 Å². The molecule has 1 unspecified atom stereocenters. The highest BCUT2D eigenvalue weighted by Gasteiger charge is 2.40. The average Bonchev–Trinajstić information content (AvgIpc) is 3.22. The minimum absolute atomic E-state index is 0.248. The summed E-state index contributed by atoms with van der Waals surface area (Å²) in [6.07, 6.45) is 1.84. The first-order valence-electron chi connectivity index (χ1n) is 10.4. The van der Waals surface area contributed by atoms with Gasteiger partial charge < -0.3 is 0 Å². The molecule has 1 aliphatic heterocycles. The van der Waals surface area contributed by atoms with E-state index in [0.29, 0.717) is 29.5 Å². The molecular weight excluding hydrogens is 414 g/mol. The van der Waals surface area contributed by atoms with E-state index in [0.717, 1.165) is 17.5 Å². The normalized spacial score (nSPS) is 16.8. The molecule has 31 heavy (non-hydrogen) atoms. The number of hydrogen-bond acceptors (Lipinski definition) is 4. The molecule has 0 bridgehead atoms. The zero-order valence-electron chi connectivity index (χ0n) is 18.4. The molecule has 2 N–H and O–H groups in total. The Kier molecular flexibility index (Phi) is 6.81. The van der Waals surface area contributed by atoms with Crippen molar-refractivity contribution in [3.63, 3.8) is 0 Å². The standard InChI is InChI=1S/C23H29N3O4S/c1-5-18-8-10-19(11-9-18)22(27)24-25-23(28)20-7-6-12-26(20)31(29,30)21-16(3)13-15(2)14-17(21)4/h8-11,13-14,20H,5-7,12H2,1-4H3,(H,24,27)(H,25,28). The molecular formula is C23H29N3O4S. The molecule has 1 atom stereocenters. The monoisotopic (exact) mass is 443 g/mol. The Balaban J connectivity index is 1.73. The highest BCUT2D eigenvalue weighted by Crippen LogP contribution is 2.30. The molecule has 2 amide bonds. The van der Waals surface area contributed by atoms with E-state index in [1.54, 1.807) is 26.0 Å². The Hall–Kier alpha value is -2.71. The highest BCUT2D eigenvalue weighted by molar-refractivity contribution is 7.89. The van der Waals surface area contributed by atoms with E-state index in [2.05, 4.69) is 10.9 Å². The molecule has 1 saturated heterocycles. The number of amides is 2. The highest BCUT2D eigenvalue weighted by atomic mass is 32.2. The van der Waals surface area contributed by atoms with Gasteiger partial charge in [-0.3, -0.25) is 20.4 Å². The summed E-state index contributed by atoms with van der Waals surface area (Å²) >= 11 is 0. The number of carbonyl (C=O) groups is 2. The van der Waals surface area contributed by atoms with Crippen LogP contribution < -0.4 is 10.9 Å². The lowest BCUT2D eigenvalue weighted by Gasteiger charge is -2.25. The van der Waals surface area contributed by atoms with Crippen LogP contribution in [0.3, 0.4) is 0 Å². The maximum Gasteiger partial charge on any atom is 0.269 e. The number of hydrazine groups is 1. The van der Waals surface area contributed by atoms with Gasteiger partial charge in [-0.2, -0.15) is 4.31 Å². The Morgan fingerprint density at radius 2 is 1.65 bits per heavy atom. The Labute approximate surface area is 183 Å². The van der Waals surface area contributed by atoms with E-state index in [9.17, 15) is 18.0 Å². The summed E-state index contributed by atoms with van der Waals surface area (Å²) in [7, 11) is -3.85. The SMILES string of the molecule is CCc1ccc(C(=O)NNC(=O)C2CCCN2S(=O)(=O)c2c(C)cc(C)cc2C)cc1. The molecule has 3 rings (SSSR count). The van der Waals surface area contributed by atoms with Crippen LogP contribution in [0.25, 0.3) is 0 Å². The maximum absolute atomic E-state index is 13.4. The van der Waals surface area contributed by atoms with Gasteiger partial charge in [0.25, 0.3) is 11.8 Å². The van der Waals surface area contributed by atoms with Crippen molar-refractivity contribution in [1.29, 1.82) is 0 Å². The lowest BCUT2D eigenvalue weighted by molar-refractivity contribution is -0.125. The lowest BCUT2D eigenvalue weighted by Crippen LogP contribution is -2.51. The first-order valence-corrected chi connectivity index (χ1v) is 11.9. The smallest absolute Gasteiger partial charge is 0.269 e. The minimum atomic E-state index is -3.85. The van der Waals surface area contributed by atoms with Gasteiger partial charge in [-0.05, 0) is 68.9 Å². The summed E-state index contributed by atoms with van der Waals surface area (Å²) < 4.78 is 28.0. The van der Waals surface area contributed by atoms with Crippen LogP contribution in [0.15, 0.2) is 41.3 Å². The molecule has 166 valence electrons. The summed E-state index contributed by atoms with van der Waals surface area (Å²) in [4.78, 5) is 25.3. The second-order valence-corrected chi connectivity index (χ2v) is 9.82. The lowest BCUT2D eigenvalue weighted by atomic mass is 10.1. The molecule has 0 radical (unpaired) electrons. The number of benzene rings is 2. The number of nitrogens with zero attached hydrogens (tertiary/aromatic N) is 1. The predicted octanol–water partition coefficient (Wildman–Crippen LogP) is 2.79. The van der Waals surface area contributed by atoms with Crippen molar-refractivity contribution in [3.8, 4) is 0 Å². The quantitative estimate of drug-likeness (QED) is 0.695. The van der Waals surface area contributed by atoms with Crippen LogP contribution in [0, 0.1) is 20.8 Å². The van der Waals surface area contributed by atoms with E-state index >= 15 is 0 Å². The van der Waals surface area contributed by atoms with Crippen molar-refractivity contribution < 1.29 is 18.0 Å².